The van der Waals surface area contributed by atoms with Crippen LogP contribution >= 0.6 is 11.3 Å². The number of rotatable bonds is 6. The molecule has 4 aromatic rings. The first-order valence-electron chi connectivity index (χ1n) is 11.9. The lowest BCUT2D eigenvalue weighted by Gasteiger charge is -2.31. The molecule has 0 bridgehead atoms. The molecular weight excluding hydrogens is 465 g/mol. The van der Waals surface area contributed by atoms with Gasteiger partial charge in [-0.1, -0.05) is 0 Å². The van der Waals surface area contributed by atoms with Gasteiger partial charge in [-0.25, -0.2) is 19.3 Å². The highest BCUT2D eigenvalue weighted by atomic mass is 32.1. The molecule has 2 aliphatic heterocycles. The molecular formula is C25H26FN7OS. The van der Waals surface area contributed by atoms with Crippen LogP contribution in [0.25, 0.3) is 20.9 Å². The number of ether oxygens (including phenoxy) is 1. The van der Waals surface area contributed by atoms with Gasteiger partial charge in [0, 0.05) is 38.1 Å². The van der Waals surface area contributed by atoms with E-state index in [9.17, 15) is 4.39 Å². The van der Waals surface area contributed by atoms with Gasteiger partial charge in [-0.2, -0.15) is 0 Å². The van der Waals surface area contributed by atoms with Gasteiger partial charge in [0.1, 0.15) is 22.3 Å². The molecule has 1 N–H and O–H groups in total. The Bertz CT molecular complexity index is 1330. The van der Waals surface area contributed by atoms with Crippen molar-refractivity contribution in [1.29, 1.82) is 0 Å². The van der Waals surface area contributed by atoms with Crippen LogP contribution in [-0.4, -0.2) is 64.2 Å². The smallest absolute Gasteiger partial charge is 0.151 e. The van der Waals surface area contributed by atoms with Crippen LogP contribution in [0.4, 0.5) is 21.7 Å². The Kier molecular flexibility index (Phi) is 6.24. The lowest BCUT2D eigenvalue weighted by molar-refractivity contribution is 0.122. The number of halogens is 1. The average Bonchev–Trinajstić information content (AvgIpc) is 3.55. The van der Waals surface area contributed by atoms with Gasteiger partial charge in [0.05, 0.1) is 34.8 Å². The molecule has 6 heterocycles. The molecule has 0 radical (unpaired) electrons. The SMILES string of the molecule is Fc1cccnc1-c1nc2cc(Nc3ccc(N4CCOCC4)c(CN4CCCC4)n3)ncc2s1. The van der Waals surface area contributed by atoms with Crippen LogP contribution in [-0.2, 0) is 11.3 Å². The first kappa shape index (κ1) is 22.3. The van der Waals surface area contributed by atoms with Crippen LogP contribution in [0.5, 0.6) is 0 Å². The Morgan fingerprint density at radius 2 is 1.86 bits per heavy atom. The average molecular weight is 492 g/mol. The van der Waals surface area contributed by atoms with Crippen molar-refractivity contribution in [3.05, 3.63) is 54.2 Å². The summed E-state index contributed by atoms with van der Waals surface area (Å²) in [6, 6.07) is 8.99. The molecule has 0 saturated carbocycles. The van der Waals surface area contributed by atoms with Crippen LogP contribution in [0.1, 0.15) is 18.5 Å². The van der Waals surface area contributed by atoms with Crippen LogP contribution in [0.2, 0.25) is 0 Å². The lowest BCUT2D eigenvalue weighted by Crippen LogP contribution is -2.37. The molecule has 0 spiro atoms. The predicted octanol–water partition coefficient (Wildman–Crippen LogP) is 4.46. The number of thiazole rings is 1. The standard InChI is InChI=1S/C25H26FN7OS/c26-17-4-3-7-27-24(17)25-30-18-14-23(28-15-21(18)35-25)31-22-6-5-20(33-10-12-34-13-11-33)19(29-22)16-32-8-1-2-9-32/h3-7,14-15H,1-2,8-13,16H2,(H,28,29,31). The summed E-state index contributed by atoms with van der Waals surface area (Å²) >= 11 is 1.38. The van der Waals surface area contributed by atoms with Gasteiger partial charge in [0.15, 0.2) is 5.82 Å². The Morgan fingerprint density at radius 1 is 1.00 bits per heavy atom. The number of hydrogen-bond acceptors (Lipinski definition) is 9. The normalized spacial score (nSPS) is 16.8. The van der Waals surface area contributed by atoms with E-state index in [0.29, 0.717) is 10.8 Å². The molecule has 2 aliphatic rings. The fraction of sp³-hybridized carbons (Fsp3) is 0.360. The minimum Gasteiger partial charge on any atom is -0.378 e. The molecule has 0 aliphatic carbocycles. The number of aromatic nitrogens is 4. The van der Waals surface area contributed by atoms with Crippen molar-refractivity contribution in [2.75, 3.05) is 49.6 Å². The zero-order valence-electron chi connectivity index (χ0n) is 19.3. The zero-order chi connectivity index (χ0) is 23.6. The predicted molar refractivity (Wildman–Crippen MR) is 136 cm³/mol. The van der Waals surface area contributed by atoms with E-state index in [1.807, 2.05) is 12.1 Å². The second kappa shape index (κ2) is 9.80. The van der Waals surface area contributed by atoms with E-state index in [1.54, 1.807) is 18.5 Å². The van der Waals surface area contributed by atoms with Crippen molar-refractivity contribution in [2.24, 2.45) is 0 Å². The maximum atomic E-state index is 14.2. The molecule has 0 aromatic carbocycles. The maximum absolute atomic E-state index is 14.2. The van der Waals surface area contributed by atoms with E-state index < -0.39 is 0 Å². The summed E-state index contributed by atoms with van der Waals surface area (Å²) in [7, 11) is 0. The topological polar surface area (TPSA) is 79.3 Å². The van der Waals surface area contributed by atoms with E-state index in [2.05, 4.69) is 36.1 Å². The van der Waals surface area contributed by atoms with E-state index >= 15 is 0 Å². The summed E-state index contributed by atoms with van der Waals surface area (Å²) in [5.74, 6) is 1.01. The molecule has 10 heteroatoms. The molecule has 4 aromatic heterocycles. The molecule has 35 heavy (non-hydrogen) atoms. The van der Waals surface area contributed by atoms with Crippen molar-refractivity contribution in [1.82, 2.24) is 24.8 Å². The molecule has 0 atom stereocenters. The second-order valence-corrected chi connectivity index (χ2v) is 9.79. The largest absolute Gasteiger partial charge is 0.378 e. The summed E-state index contributed by atoms with van der Waals surface area (Å²) in [5, 5.41) is 3.88. The van der Waals surface area contributed by atoms with Gasteiger partial charge in [-0.15, -0.1) is 11.3 Å². The van der Waals surface area contributed by atoms with E-state index in [4.69, 9.17) is 9.72 Å². The summed E-state index contributed by atoms with van der Waals surface area (Å²) in [6.07, 6.45) is 5.81. The molecule has 180 valence electrons. The first-order valence-corrected chi connectivity index (χ1v) is 12.7. The van der Waals surface area contributed by atoms with Crippen LogP contribution in [0, 0.1) is 5.82 Å². The second-order valence-electron chi connectivity index (χ2n) is 8.76. The number of nitrogens with zero attached hydrogens (tertiary/aromatic N) is 6. The van der Waals surface area contributed by atoms with Gasteiger partial charge in [-0.3, -0.25) is 9.88 Å². The third-order valence-corrected chi connectivity index (χ3v) is 7.38. The van der Waals surface area contributed by atoms with Crippen molar-refractivity contribution < 1.29 is 9.13 Å². The molecule has 2 fully saturated rings. The van der Waals surface area contributed by atoms with Gasteiger partial charge in [-0.05, 0) is 50.2 Å². The highest BCUT2D eigenvalue weighted by molar-refractivity contribution is 7.21. The molecule has 2 saturated heterocycles. The number of morpholine rings is 1. The van der Waals surface area contributed by atoms with E-state index in [-0.39, 0.29) is 11.5 Å². The summed E-state index contributed by atoms with van der Waals surface area (Å²) in [6.45, 7) is 6.30. The highest BCUT2D eigenvalue weighted by Crippen LogP contribution is 2.32. The Morgan fingerprint density at radius 3 is 2.69 bits per heavy atom. The van der Waals surface area contributed by atoms with Gasteiger partial charge in [0.25, 0.3) is 0 Å². The summed E-state index contributed by atoms with van der Waals surface area (Å²) in [5.41, 5.74) is 3.25. The zero-order valence-corrected chi connectivity index (χ0v) is 20.1. The van der Waals surface area contributed by atoms with Crippen molar-refractivity contribution >= 4 is 38.9 Å². The molecule has 0 amide bonds. The minimum atomic E-state index is -0.382. The fourth-order valence-corrected chi connectivity index (χ4v) is 5.52. The van der Waals surface area contributed by atoms with Crippen LogP contribution in [0.15, 0.2) is 42.7 Å². The first-order chi connectivity index (χ1) is 17.2. The summed E-state index contributed by atoms with van der Waals surface area (Å²) < 4.78 is 20.6. The van der Waals surface area contributed by atoms with Gasteiger partial charge < -0.3 is 15.0 Å². The lowest BCUT2D eigenvalue weighted by atomic mass is 10.2. The Hall–Kier alpha value is -3.21. The van der Waals surface area contributed by atoms with Crippen molar-refractivity contribution in [2.45, 2.75) is 19.4 Å². The highest BCUT2D eigenvalue weighted by Gasteiger charge is 2.20. The molecule has 8 nitrogen and oxygen atoms in total. The third-order valence-electron chi connectivity index (χ3n) is 6.37. The van der Waals surface area contributed by atoms with Gasteiger partial charge >= 0.3 is 0 Å². The molecule has 6 rings (SSSR count). The quantitative estimate of drug-likeness (QED) is 0.424. The monoisotopic (exact) mass is 491 g/mol. The number of nitrogens with one attached hydrogen (secondary N) is 1. The van der Waals surface area contributed by atoms with Crippen LogP contribution < -0.4 is 10.2 Å². The Balaban J connectivity index is 1.27. The number of likely N-dealkylation sites (tertiary alicyclic amines) is 1. The van der Waals surface area contributed by atoms with Crippen molar-refractivity contribution in [3.63, 3.8) is 0 Å². The summed E-state index contributed by atoms with van der Waals surface area (Å²) in [4.78, 5) is 23.1. The number of hydrogen-bond donors (Lipinski definition) is 1. The maximum Gasteiger partial charge on any atom is 0.151 e. The Labute approximate surface area is 206 Å². The number of anilines is 3. The number of fused-ring (bicyclic) bond motifs is 1. The number of pyridine rings is 3. The third kappa shape index (κ3) is 4.82. The van der Waals surface area contributed by atoms with Crippen LogP contribution in [0.3, 0.4) is 0 Å². The fourth-order valence-electron chi connectivity index (χ4n) is 4.60. The molecule has 0 unspecified atom stereocenters. The minimum absolute atomic E-state index is 0.259. The van der Waals surface area contributed by atoms with Gasteiger partial charge in [0.2, 0.25) is 0 Å². The van der Waals surface area contributed by atoms with Crippen molar-refractivity contribution in [3.8, 4) is 10.7 Å². The van der Waals surface area contributed by atoms with E-state index in [0.717, 1.165) is 67.7 Å². The van der Waals surface area contributed by atoms with E-state index in [1.165, 1.54) is 35.9 Å².